The van der Waals surface area contributed by atoms with Gasteiger partial charge in [-0.1, -0.05) is 59.9 Å². The molecule has 30 heavy (non-hydrogen) atoms. The van der Waals surface area contributed by atoms with Crippen molar-refractivity contribution in [1.29, 1.82) is 0 Å². The fourth-order valence-corrected chi connectivity index (χ4v) is 4.60. The third-order valence-corrected chi connectivity index (χ3v) is 6.21. The van der Waals surface area contributed by atoms with E-state index in [2.05, 4.69) is 44.3 Å². The number of hydrogen-bond donors (Lipinski definition) is 1. The molecule has 0 atom stereocenters. The van der Waals surface area contributed by atoms with Crippen LogP contribution in [0.2, 0.25) is 5.02 Å². The zero-order valence-electron chi connectivity index (χ0n) is 16.9. The van der Waals surface area contributed by atoms with Gasteiger partial charge in [0.15, 0.2) is 5.82 Å². The SMILES string of the molecule is Cc1nc(C2(NCc3nc4cc(Cl)ccc4n3Cc3ccccc3)CCCC2)no1. The number of rotatable bonds is 6. The third kappa shape index (κ3) is 3.61. The van der Waals surface area contributed by atoms with Crippen LogP contribution in [-0.2, 0) is 18.6 Å². The Labute approximate surface area is 180 Å². The summed E-state index contributed by atoms with van der Waals surface area (Å²) in [7, 11) is 0. The standard InChI is InChI=1S/C23H24ClN5O/c1-16-26-22(28-30-16)23(11-5-6-12-23)25-14-21-27-19-13-18(24)9-10-20(19)29(21)15-17-7-3-2-4-8-17/h2-4,7-10,13,25H,5-6,11-12,14-15H2,1H3. The van der Waals surface area contributed by atoms with E-state index in [1.807, 2.05) is 31.2 Å². The zero-order valence-corrected chi connectivity index (χ0v) is 17.7. The van der Waals surface area contributed by atoms with Gasteiger partial charge in [-0.05, 0) is 36.6 Å². The summed E-state index contributed by atoms with van der Waals surface area (Å²) in [5.74, 6) is 2.33. The van der Waals surface area contributed by atoms with E-state index in [1.165, 1.54) is 5.56 Å². The maximum Gasteiger partial charge on any atom is 0.223 e. The first-order valence-electron chi connectivity index (χ1n) is 10.4. The molecule has 2 aromatic carbocycles. The molecular formula is C23H24ClN5O. The largest absolute Gasteiger partial charge is 0.340 e. The summed E-state index contributed by atoms with van der Waals surface area (Å²) in [6.07, 6.45) is 4.29. The zero-order chi connectivity index (χ0) is 20.6. The minimum atomic E-state index is -0.259. The molecule has 1 fully saturated rings. The first-order chi connectivity index (χ1) is 14.6. The highest BCUT2D eigenvalue weighted by molar-refractivity contribution is 6.31. The molecule has 0 radical (unpaired) electrons. The van der Waals surface area contributed by atoms with Crippen LogP contribution in [0.3, 0.4) is 0 Å². The van der Waals surface area contributed by atoms with Gasteiger partial charge in [0.05, 0.1) is 23.1 Å². The normalized spacial score (nSPS) is 15.8. The second-order valence-corrected chi connectivity index (χ2v) is 8.45. The third-order valence-electron chi connectivity index (χ3n) is 5.97. The molecule has 0 aliphatic heterocycles. The summed E-state index contributed by atoms with van der Waals surface area (Å²) in [5.41, 5.74) is 2.96. The fraction of sp³-hybridized carbons (Fsp3) is 0.348. The van der Waals surface area contributed by atoms with E-state index in [0.29, 0.717) is 17.5 Å². The molecule has 4 aromatic rings. The van der Waals surface area contributed by atoms with Crippen LogP contribution in [0.15, 0.2) is 53.1 Å². The Morgan fingerprint density at radius 1 is 1.10 bits per heavy atom. The molecule has 1 aliphatic rings. The lowest BCUT2D eigenvalue weighted by Gasteiger charge is -2.27. The summed E-state index contributed by atoms with van der Waals surface area (Å²) in [5, 5.41) is 8.67. The lowest BCUT2D eigenvalue weighted by Crippen LogP contribution is -2.41. The van der Waals surface area contributed by atoms with Crippen LogP contribution in [0.5, 0.6) is 0 Å². The lowest BCUT2D eigenvalue weighted by molar-refractivity contribution is 0.294. The van der Waals surface area contributed by atoms with Crippen molar-refractivity contribution >= 4 is 22.6 Å². The molecule has 154 valence electrons. The van der Waals surface area contributed by atoms with Crippen LogP contribution < -0.4 is 5.32 Å². The molecule has 0 amide bonds. The summed E-state index contributed by atoms with van der Waals surface area (Å²) in [4.78, 5) is 9.45. The Morgan fingerprint density at radius 2 is 1.90 bits per heavy atom. The summed E-state index contributed by atoms with van der Waals surface area (Å²) in [6, 6.07) is 16.3. The van der Waals surface area contributed by atoms with Gasteiger partial charge in [-0.2, -0.15) is 4.98 Å². The molecule has 0 bridgehead atoms. The first-order valence-corrected chi connectivity index (χ1v) is 10.8. The smallest absolute Gasteiger partial charge is 0.223 e. The van der Waals surface area contributed by atoms with Gasteiger partial charge in [-0.15, -0.1) is 0 Å². The molecular weight excluding hydrogens is 398 g/mol. The van der Waals surface area contributed by atoms with Gasteiger partial charge < -0.3 is 9.09 Å². The molecule has 0 saturated heterocycles. The van der Waals surface area contributed by atoms with Crippen molar-refractivity contribution in [2.24, 2.45) is 0 Å². The number of aryl methyl sites for hydroxylation is 1. The van der Waals surface area contributed by atoms with E-state index in [9.17, 15) is 0 Å². The average molecular weight is 422 g/mol. The maximum absolute atomic E-state index is 6.23. The van der Waals surface area contributed by atoms with E-state index in [1.54, 1.807) is 0 Å². The summed E-state index contributed by atoms with van der Waals surface area (Å²) >= 11 is 6.23. The minimum Gasteiger partial charge on any atom is -0.340 e. The molecule has 1 aliphatic carbocycles. The van der Waals surface area contributed by atoms with Crippen LogP contribution in [0, 0.1) is 6.92 Å². The van der Waals surface area contributed by atoms with Crippen molar-refractivity contribution in [1.82, 2.24) is 25.0 Å². The number of nitrogens with zero attached hydrogens (tertiary/aromatic N) is 4. The number of aromatic nitrogens is 4. The number of benzene rings is 2. The molecule has 2 heterocycles. The topological polar surface area (TPSA) is 68.8 Å². The molecule has 1 saturated carbocycles. The second-order valence-electron chi connectivity index (χ2n) is 8.01. The molecule has 2 aromatic heterocycles. The van der Waals surface area contributed by atoms with E-state index in [0.717, 1.165) is 54.9 Å². The number of imidazole rings is 1. The number of halogens is 1. The van der Waals surface area contributed by atoms with Gasteiger partial charge in [0, 0.05) is 18.5 Å². The van der Waals surface area contributed by atoms with Gasteiger partial charge in [-0.3, -0.25) is 5.32 Å². The van der Waals surface area contributed by atoms with Gasteiger partial charge >= 0.3 is 0 Å². The van der Waals surface area contributed by atoms with E-state index < -0.39 is 0 Å². The van der Waals surface area contributed by atoms with Crippen molar-refractivity contribution in [2.75, 3.05) is 0 Å². The Bertz CT molecular complexity index is 1160. The van der Waals surface area contributed by atoms with Crippen LogP contribution >= 0.6 is 11.6 Å². The molecule has 0 unspecified atom stereocenters. The molecule has 1 N–H and O–H groups in total. The Hall–Kier alpha value is -2.70. The van der Waals surface area contributed by atoms with Crippen molar-refractivity contribution < 1.29 is 4.52 Å². The maximum atomic E-state index is 6.23. The van der Waals surface area contributed by atoms with Crippen LogP contribution in [0.25, 0.3) is 11.0 Å². The van der Waals surface area contributed by atoms with Crippen LogP contribution in [0.4, 0.5) is 0 Å². The highest BCUT2D eigenvalue weighted by Gasteiger charge is 2.39. The Morgan fingerprint density at radius 3 is 2.63 bits per heavy atom. The van der Waals surface area contributed by atoms with E-state index in [-0.39, 0.29) is 5.54 Å². The monoisotopic (exact) mass is 421 g/mol. The highest BCUT2D eigenvalue weighted by atomic mass is 35.5. The molecule has 6 nitrogen and oxygen atoms in total. The predicted molar refractivity (Wildman–Crippen MR) is 116 cm³/mol. The second kappa shape index (κ2) is 7.85. The molecule has 5 rings (SSSR count). The molecule has 7 heteroatoms. The first kappa shape index (κ1) is 19.3. The van der Waals surface area contributed by atoms with Crippen molar-refractivity contribution in [3.05, 3.63) is 76.7 Å². The summed E-state index contributed by atoms with van der Waals surface area (Å²) in [6.45, 7) is 3.21. The fourth-order valence-electron chi connectivity index (χ4n) is 4.43. The van der Waals surface area contributed by atoms with Crippen LogP contribution in [-0.4, -0.2) is 19.7 Å². The predicted octanol–water partition coefficient (Wildman–Crippen LogP) is 4.99. The van der Waals surface area contributed by atoms with Crippen molar-refractivity contribution in [3.8, 4) is 0 Å². The Balaban J connectivity index is 1.49. The van der Waals surface area contributed by atoms with E-state index >= 15 is 0 Å². The molecule has 0 spiro atoms. The highest BCUT2D eigenvalue weighted by Crippen LogP contribution is 2.37. The van der Waals surface area contributed by atoms with Gasteiger partial charge in [0.25, 0.3) is 0 Å². The summed E-state index contributed by atoms with van der Waals surface area (Å²) < 4.78 is 7.54. The van der Waals surface area contributed by atoms with Crippen LogP contribution in [0.1, 0.15) is 48.8 Å². The minimum absolute atomic E-state index is 0.259. The Kier molecular flexibility index (Phi) is 5.05. The van der Waals surface area contributed by atoms with Gasteiger partial charge in [0.1, 0.15) is 5.82 Å². The van der Waals surface area contributed by atoms with Gasteiger partial charge in [0.2, 0.25) is 5.89 Å². The number of hydrogen-bond acceptors (Lipinski definition) is 5. The van der Waals surface area contributed by atoms with Crippen molar-refractivity contribution in [2.45, 2.75) is 51.2 Å². The van der Waals surface area contributed by atoms with E-state index in [4.69, 9.17) is 21.1 Å². The quantitative estimate of drug-likeness (QED) is 0.475. The number of nitrogens with one attached hydrogen (secondary N) is 1. The van der Waals surface area contributed by atoms with Gasteiger partial charge in [-0.25, -0.2) is 4.98 Å². The average Bonchev–Trinajstić information content (AvgIpc) is 3.47. The number of fused-ring (bicyclic) bond motifs is 1. The lowest BCUT2D eigenvalue weighted by atomic mass is 9.96. The van der Waals surface area contributed by atoms with Crippen molar-refractivity contribution in [3.63, 3.8) is 0 Å².